The second-order valence-corrected chi connectivity index (χ2v) is 9.95. The van der Waals surface area contributed by atoms with Gasteiger partial charge in [-0.15, -0.1) is 11.3 Å². The monoisotopic (exact) mass is 432 g/mol. The Labute approximate surface area is 172 Å². The van der Waals surface area contributed by atoms with E-state index in [4.69, 9.17) is 0 Å². The lowest BCUT2D eigenvalue weighted by molar-refractivity contribution is -0.133. The van der Waals surface area contributed by atoms with Crippen LogP contribution in [0.5, 0.6) is 0 Å². The van der Waals surface area contributed by atoms with E-state index in [2.05, 4.69) is 4.98 Å². The summed E-state index contributed by atoms with van der Waals surface area (Å²) in [7, 11) is -3.25. The van der Waals surface area contributed by atoms with Crippen LogP contribution in [0.15, 0.2) is 47.5 Å². The molecule has 0 spiro atoms. The van der Waals surface area contributed by atoms with Crippen LogP contribution in [0.4, 0.5) is 0 Å². The van der Waals surface area contributed by atoms with Crippen molar-refractivity contribution >= 4 is 37.5 Å². The molecule has 3 heterocycles. The fraction of sp³-hybridized carbons (Fsp3) is 0.316. The van der Waals surface area contributed by atoms with E-state index in [1.54, 1.807) is 4.90 Å². The zero-order chi connectivity index (χ0) is 20.6. The van der Waals surface area contributed by atoms with Crippen LogP contribution in [0.3, 0.4) is 0 Å². The molecule has 1 aliphatic rings. The number of carbonyl (C=O) groups excluding carboxylic acids is 1. The minimum atomic E-state index is -3.25. The number of nitrogens with zero attached hydrogens (tertiary/aromatic N) is 4. The first-order chi connectivity index (χ1) is 13.8. The first kappa shape index (κ1) is 19.7. The number of hydrogen-bond acceptors (Lipinski definition) is 6. The third-order valence-corrected chi connectivity index (χ3v) is 7.39. The molecule has 10 heteroatoms. The van der Waals surface area contributed by atoms with Gasteiger partial charge in [-0.05, 0) is 11.6 Å². The highest BCUT2D eigenvalue weighted by atomic mass is 32.2. The average molecular weight is 433 g/mol. The van der Waals surface area contributed by atoms with Crippen LogP contribution < -0.4 is 5.56 Å². The molecule has 29 heavy (non-hydrogen) atoms. The van der Waals surface area contributed by atoms with Crippen LogP contribution in [0, 0.1) is 0 Å². The first-order valence-corrected chi connectivity index (χ1v) is 11.8. The minimum Gasteiger partial charge on any atom is -0.338 e. The van der Waals surface area contributed by atoms with Gasteiger partial charge in [0.1, 0.15) is 11.2 Å². The molecule has 1 aromatic carbocycles. The predicted molar refractivity (Wildman–Crippen MR) is 112 cm³/mol. The Morgan fingerprint density at radius 1 is 1.14 bits per heavy atom. The summed E-state index contributed by atoms with van der Waals surface area (Å²) in [5.74, 6) is -0.221. The first-order valence-electron chi connectivity index (χ1n) is 9.10. The number of hydrogen-bond donors (Lipinski definition) is 0. The van der Waals surface area contributed by atoms with Crippen molar-refractivity contribution < 1.29 is 13.2 Å². The summed E-state index contributed by atoms with van der Waals surface area (Å²) in [6, 6.07) is 11.6. The van der Waals surface area contributed by atoms with Crippen LogP contribution in [0.1, 0.15) is 0 Å². The smallest absolute Gasteiger partial charge is 0.271 e. The van der Waals surface area contributed by atoms with Gasteiger partial charge in [-0.2, -0.15) is 4.31 Å². The highest BCUT2D eigenvalue weighted by molar-refractivity contribution is 7.88. The fourth-order valence-electron chi connectivity index (χ4n) is 3.32. The van der Waals surface area contributed by atoms with Crippen LogP contribution >= 0.6 is 11.3 Å². The summed E-state index contributed by atoms with van der Waals surface area (Å²) < 4.78 is 26.4. The molecule has 0 bridgehead atoms. The molecule has 0 saturated carbocycles. The Kier molecular flexibility index (Phi) is 5.24. The lowest BCUT2D eigenvalue weighted by Gasteiger charge is -2.33. The van der Waals surface area contributed by atoms with Crippen molar-refractivity contribution in [3.8, 4) is 10.4 Å². The van der Waals surface area contributed by atoms with E-state index in [0.717, 1.165) is 16.7 Å². The molecular formula is C19H20N4O4S2. The van der Waals surface area contributed by atoms with E-state index in [-0.39, 0.29) is 31.1 Å². The second-order valence-electron chi connectivity index (χ2n) is 6.91. The van der Waals surface area contributed by atoms with Gasteiger partial charge in [-0.3, -0.25) is 14.2 Å². The molecule has 0 radical (unpaired) electrons. The number of sulfonamides is 1. The Hall–Kier alpha value is -2.56. The number of aromatic nitrogens is 2. The number of thiophene rings is 1. The second kappa shape index (κ2) is 7.69. The molecule has 152 valence electrons. The van der Waals surface area contributed by atoms with Crippen molar-refractivity contribution in [2.75, 3.05) is 32.4 Å². The van der Waals surface area contributed by atoms with Gasteiger partial charge in [0.2, 0.25) is 15.9 Å². The van der Waals surface area contributed by atoms with Crippen molar-refractivity contribution in [3.63, 3.8) is 0 Å². The highest BCUT2D eigenvalue weighted by Gasteiger charge is 2.26. The zero-order valence-electron chi connectivity index (χ0n) is 15.8. The third kappa shape index (κ3) is 4.09. The number of rotatable bonds is 4. The van der Waals surface area contributed by atoms with Crippen LogP contribution in [0.25, 0.3) is 20.7 Å². The number of carbonyl (C=O) groups is 1. The van der Waals surface area contributed by atoms with Crippen molar-refractivity contribution in [1.82, 2.24) is 18.8 Å². The van der Waals surface area contributed by atoms with Gasteiger partial charge in [0.15, 0.2) is 0 Å². The van der Waals surface area contributed by atoms with Gasteiger partial charge in [0.25, 0.3) is 5.56 Å². The van der Waals surface area contributed by atoms with Crippen molar-refractivity contribution in [2.45, 2.75) is 6.54 Å². The zero-order valence-corrected chi connectivity index (χ0v) is 17.4. The summed E-state index contributed by atoms with van der Waals surface area (Å²) in [5.41, 5.74) is 1.39. The maximum Gasteiger partial charge on any atom is 0.271 e. The van der Waals surface area contributed by atoms with Crippen molar-refractivity contribution in [3.05, 3.63) is 53.1 Å². The van der Waals surface area contributed by atoms with Gasteiger partial charge >= 0.3 is 0 Å². The Morgan fingerprint density at radius 3 is 2.48 bits per heavy atom. The maximum atomic E-state index is 12.8. The number of fused-ring (bicyclic) bond motifs is 1. The Morgan fingerprint density at radius 2 is 1.83 bits per heavy atom. The van der Waals surface area contributed by atoms with E-state index in [0.29, 0.717) is 23.3 Å². The molecule has 1 aliphatic heterocycles. The van der Waals surface area contributed by atoms with E-state index >= 15 is 0 Å². The molecule has 0 aliphatic carbocycles. The molecule has 1 amide bonds. The van der Waals surface area contributed by atoms with Crippen molar-refractivity contribution in [2.24, 2.45) is 0 Å². The molecule has 3 aromatic rings. The molecule has 0 atom stereocenters. The molecule has 8 nitrogen and oxygen atoms in total. The van der Waals surface area contributed by atoms with Gasteiger partial charge in [-0.1, -0.05) is 30.3 Å². The normalized spacial score (nSPS) is 15.7. The number of benzene rings is 1. The molecule has 1 saturated heterocycles. The summed E-state index contributed by atoms with van der Waals surface area (Å²) in [6.07, 6.45) is 2.56. The highest BCUT2D eigenvalue weighted by Crippen LogP contribution is 2.30. The Balaban J connectivity index is 1.52. The summed E-state index contributed by atoms with van der Waals surface area (Å²) in [6.45, 7) is 1.05. The predicted octanol–water partition coefficient (Wildman–Crippen LogP) is 1.23. The minimum absolute atomic E-state index is 0.112. The van der Waals surface area contributed by atoms with E-state index in [9.17, 15) is 18.0 Å². The van der Waals surface area contributed by atoms with E-state index in [1.807, 2.05) is 36.4 Å². The van der Waals surface area contributed by atoms with Crippen LogP contribution in [-0.2, 0) is 21.4 Å². The van der Waals surface area contributed by atoms with Gasteiger partial charge in [0.05, 0.1) is 18.1 Å². The van der Waals surface area contributed by atoms with Gasteiger partial charge < -0.3 is 4.90 Å². The summed E-state index contributed by atoms with van der Waals surface area (Å²) in [4.78, 5) is 32.3. The quantitative estimate of drug-likeness (QED) is 0.618. The average Bonchev–Trinajstić information content (AvgIpc) is 3.15. The molecule has 2 aromatic heterocycles. The van der Waals surface area contributed by atoms with Gasteiger partial charge in [-0.25, -0.2) is 13.4 Å². The molecule has 0 N–H and O–H groups in total. The largest absolute Gasteiger partial charge is 0.338 e. The third-order valence-electron chi connectivity index (χ3n) is 4.93. The maximum absolute atomic E-state index is 12.8. The topological polar surface area (TPSA) is 92.6 Å². The van der Waals surface area contributed by atoms with E-state index in [1.165, 1.54) is 26.5 Å². The molecule has 0 unspecified atom stereocenters. The summed E-state index contributed by atoms with van der Waals surface area (Å²) in [5, 5.41) is 0. The van der Waals surface area contributed by atoms with Crippen molar-refractivity contribution in [1.29, 1.82) is 0 Å². The lowest BCUT2D eigenvalue weighted by atomic mass is 10.2. The lowest BCUT2D eigenvalue weighted by Crippen LogP contribution is -2.51. The fourth-order valence-corrected chi connectivity index (χ4v) is 5.21. The van der Waals surface area contributed by atoms with Gasteiger partial charge in [0, 0.05) is 31.1 Å². The standard InChI is InChI=1S/C19H20N4O4S2/c1-29(26,27)23-9-7-21(8-10-23)17(24)12-22-13-20-15-11-16(28-18(15)19(22)25)14-5-3-2-4-6-14/h2-6,11,13H,7-10,12H2,1H3. The van der Waals surface area contributed by atoms with E-state index < -0.39 is 10.0 Å². The number of amides is 1. The summed E-state index contributed by atoms with van der Waals surface area (Å²) >= 11 is 1.36. The van der Waals surface area contributed by atoms with Crippen LogP contribution in [0.2, 0.25) is 0 Å². The molecular weight excluding hydrogens is 412 g/mol. The molecule has 4 rings (SSSR count). The number of piperazine rings is 1. The molecule has 1 fully saturated rings. The van der Waals surface area contributed by atoms with Crippen LogP contribution in [-0.4, -0.2) is 65.5 Å². The Bertz CT molecular complexity index is 1210. The SMILES string of the molecule is CS(=O)(=O)N1CCN(C(=O)Cn2cnc3cc(-c4ccccc4)sc3c2=O)CC1.